The van der Waals surface area contributed by atoms with Crippen molar-refractivity contribution in [3.63, 3.8) is 0 Å². The third-order valence-electron chi connectivity index (χ3n) is 5.64. The summed E-state index contributed by atoms with van der Waals surface area (Å²) in [4.78, 5) is 15.1. The van der Waals surface area contributed by atoms with Crippen molar-refractivity contribution in [2.45, 2.75) is 45.1 Å². The fraction of sp³-hybridized carbons (Fsp3) is 0.364. The molecular formula is C22H23FN2O3. The average molecular weight is 382 g/mol. The van der Waals surface area contributed by atoms with Crippen molar-refractivity contribution < 1.29 is 18.7 Å². The first kappa shape index (κ1) is 18.5. The van der Waals surface area contributed by atoms with E-state index in [9.17, 15) is 9.18 Å². The third kappa shape index (κ3) is 3.59. The second-order valence-corrected chi connectivity index (χ2v) is 7.49. The van der Waals surface area contributed by atoms with Crippen LogP contribution < -0.4 is 5.32 Å². The van der Waals surface area contributed by atoms with Crippen LogP contribution in [0.25, 0.3) is 11.0 Å². The summed E-state index contributed by atoms with van der Waals surface area (Å²) in [6.45, 7) is 1.96. The van der Waals surface area contributed by atoms with Gasteiger partial charge in [0.15, 0.2) is 0 Å². The van der Waals surface area contributed by atoms with Crippen LogP contribution in [0.2, 0.25) is 0 Å². The van der Waals surface area contributed by atoms with E-state index < -0.39 is 5.97 Å². The molecule has 6 heteroatoms. The van der Waals surface area contributed by atoms with Crippen LogP contribution in [0.15, 0.2) is 40.9 Å². The van der Waals surface area contributed by atoms with Gasteiger partial charge in [-0.15, -0.1) is 0 Å². The molecule has 0 radical (unpaired) electrons. The number of fused-ring (bicyclic) bond motifs is 1. The Labute approximate surface area is 162 Å². The number of rotatable bonds is 5. The Morgan fingerprint density at radius 1 is 1.25 bits per heavy atom. The van der Waals surface area contributed by atoms with E-state index in [2.05, 4.69) is 10.3 Å². The van der Waals surface area contributed by atoms with Crippen LogP contribution in [0.5, 0.6) is 0 Å². The zero-order chi connectivity index (χ0) is 19.7. The van der Waals surface area contributed by atoms with Crippen LogP contribution in [0.4, 0.5) is 10.1 Å². The van der Waals surface area contributed by atoms with Gasteiger partial charge in [-0.3, -0.25) is 0 Å². The first-order valence-corrected chi connectivity index (χ1v) is 9.67. The maximum Gasteiger partial charge on any atom is 0.354 e. The van der Waals surface area contributed by atoms with Crippen LogP contribution in [-0.2, 0) is 0 Å². The number of aromatic nitrogens is 1. The van der Waals surface area contributed by atoms with Crippen molar-refractivity contribution in [3.05, 3.63) is 59.4 Å². The number of carboxylic acids is 1. The van der Waals surface area contributed by atoms with Gasteiger partial charge in [0.2, 0.25) is 0 Å². The Morgan fingerprint density at radius 2 is 2.04 bits per heavy atom. The molecule has 0 amide bonds. The van der Waals surface area contributed by atoms with Gasteiger partial charge in [0, 0.05) is 10.9 Å². The van der Waals surface area contributed by atoms with Crippen LogP contribution >= 0.6 is 0 Å². The lowest BCUT2D eigenvalue weighted by molar-refractivity contribution is 0.0690. The van der Waals surface area contributed by atoms with E-state index in [0.717, 1.165) is 35.2 Å². The average Bonchev–Trinajstić information content (AvgIpc) is 3.03. The zero-order valence-electron chi connectivity index (χ0n) is 15.7. The molecule has 2 aromatic heterocycles. The Balaban J connectivity index is 1.71. The number of aromatic carboxylic acids is 1. The van der Waals surface area contributed by atoms with Gasteiger partial charge in [-0.2, -0.15) is 0 Å². The SMILES string of the molecule is Cc1c(C(Nc2ccc(C(=O)O)nc2)C2CCCCC2)oc2ccc(F)cc12. The van der Waals surface area contributed by atoms with Gasteiger partial charge in [0.1, 0.15) is 22.9 Å². The van der Waals surface area contributed by atoms with Gasteiger partial charge in [-0.05, 0) is 56.0 Å². The van der Waals surface area contributed by atoms with Crippen molar-refractivity contribution in [2.24, 2.45) is 5.92 Å². The summed E-state index contributed by atoms with van der Waals surface area (Å²) in [6, 6.07) is 7.73. The molecule has 146 valence electrons. The molecule has 28 heavy (non-hydrogen) atoms. The summed E-state index contributed by atoms with van der Waals surface area (Å²) in [5.74, 6) is -0.129. The standard InChI is InChI=1S/C22H23FN2O3/c1-13-17-11-15(23)7-10-19(17)28-21(13)20(14-5-3-2-4-6-14)25-16-8-9-18(22(26)27)24-12-16/h7-12,14,20,25H,2-6H2,1H3,(H,26,27). The van der Waals surface area contributed by atoms with Crippen LogP contribution in [0.3, 0.4) is 0 Å². The number of hydrogen-bond acceptors (Lipinski definition) is 4. The van der Waals surface area contributed by atoms with E-state index in [1.165, 1.54) is 43.7 Å². The second kappa shape index (κ2) is 7.62. The molecule has 3 aromatic rings. The van der Waals surface area contributed by atoms with Crippen molar-refractivity contribution in [1.82, 2.24) is 4.98 Å². The highest BCUT2D eigenvalue weighted by atomic mass is 19.1. The smallest absolute Gasteiger partial charge is 0.354 e. The quantitative estimate of drug-likeness (QED) is 0.591. The number of nitrogens with zero attached hydrogens (tertiary/aromatic N) is 1. The highest BCUT2D eigenvalue weighted by Crippen LogP contribution is 2.40. The number of hydrogen-bond donors (Lipinski definition) is 2. The van der Waals surface area contributed by atoms with Crippen LogP contribution in [-0.4, -0.2) is 16.1 Å². The van der Waals surface area contributed by atoms with E-state index in [1.807, 2.05) is 6.92 Å². The second-order valence-electron chi connectivity index (χ2n) is 7.49. The molecule has 0 bridgehead atoms. The maximum atomic E-state index is 13.7. The van der Waals surface area contributed by atoms with Crippen molar-refractivity contribution >= 4 is 22.6 Å². The summed E-state index contributed by atoms with van der Waals surface area (Å²) >= 11 is 0. The lowest BCUT2D eigenvalue weighted by Gasteiger charge is -2.30. The van der Waals surface area contributed by atoms with E-state index in [0.29, 0.717) is 11.5 Å². The third-order valence-corrected chi connectivity index (χ3v) is 5.64. The molecule has 0 saturated heterocycles. The van der Waals surface area contributed by atoms with Gasteiger partial charge in [0.05, 0.1) is 17.9 Å². The molecule has 1 aliphatic rings. The Bertz CT molecular complexity index is 991. The highest BCUT2D eigenvalue weighted by Gasteiger charge is 2.30. The molecule has 1 saturated carbocycles. The van der Waals surface area contributed by atoms with E-state index in [-0.39, 0.29) is 17.6 Å². The summed E-state index contributed by atoms with van der Waals surface area (Å²) < 4.78 is 19.9. The van der Waals surface area contributed by atoms with Crippen LogP contribution in [0.1, 0.15) is 60.0 Å². The topological polar surface area (TPSA) is 75.4 Å². The minimum atomic E-state index is -1.05. The molecule has 2 heterocycles. The largest absolute Gasteiger partial charge is 0.477 e. The molecule has 2 N–H and O–H groups in total. The van der Waals surface area contributed by atoms with Gasteiger partial charge in [0.25, 0.3) is 0 Å². The maximum absolute atomic E-state index is 13.7. The zero-order valence-corrected chi connectivity index (χ0v) is 15.7. The lowest BCUT2D eigenvalue weighted by Crippen LogP contribution is -2.23. The first-order chi connectivity index (χ1) is 13.5. The molecule has 1 unspecified atom stereocenters. The fourth-order valence-electron chi connectivity index (χ4n) is 4.16. The molecule has 0 spiro atoms. The van der Waals surface area contributed by atoms with Gasteiger partial charge in [-0.25, -0.2) is 14.2 Å². The van der Waals surface area contributed by atoms with E-state index in [4.69, 9.17) is 9.52 Å². The van der Waals surface area contributed by atoms with Gasteiger partial charge >= 0.3 is 5.97 Å². The molecule has 1 aliphatic carbocycles. The summed E-state index contributed by atoms with van der Waals surface area (Å²) in [5.41, 5.74) is 2.37. The Hall–Kier alpha value is -2.89. The molecule has 5 nitrogen and oxygen atoms in total. The van der Waals surface area contributed by atoms with Gasteiger partial charge in [-0.1, -0.05) is 19.3 Å². The monoisotopic (exact) mass is 382 g/mol. The van der Waals surface area contributed by atoms with Gasteiger partial charge < -0.3 is 14.8 Å². The molecule has 1 fully saturated rings. The molecule has 1 atom stereocenters. The predicted molar refractivity (Wildman–Crippen MR) is 105 cm³/mol. The Kier molecular flexibility index (Phi) is 5.03. The van der Waals surface area contributed by atoms with Crippen molar-refractivity contribution in [2.75, 3.05) is 5.32 Å². The number of furan rings is 1. The van der Waals surface area contributed by atoms with Crippen molar-refractivity contribution in [1.29, 1.82) is 0 Å². The minimum absolute atomic E-state index is 0.00941. The number of pyridine rings is 1. The first-order valence-electron chi connectivity index (χ1n) is 9.67. The molecule has 0 aliphatic heterocycles. The van der Waals surface area contributed by atoms with E-state index >= 15 is 0 Å². The summed E-state index contributed by atoms with van der Waals surface area (Å²) in [6.07, 6.45) is 7.30. The minimum Gasteiger partial charge on any atom is -0.477 e. The lowest BCUT2D eigenvalue weighted by atomic mass is 9.82. The fourth-order valence-corrected chi connectivity index (χ4v) is 4.16. The number of benzene rings is 1. The van der Waals surface area contributed by atoms with Crippen LogP contribution in [0, 0.1) is 18.7 Å². The number of aryl methyl sites for hydroxylation is 1. The number of carboxylic acid groups (broad SMARTS) is 1. The van der Waals surface area contributed by atoms with Crippen molar-refractivity contribution in [3.8, 4) is 0 Å². The number of carbonyl (C=O) groups is 1. The highest BCUT2D eigenvalue weighted by molar-refractivity contribution is 5.85. The normalized spacial score (nSPS) is 16.2. The summed E-state index contributed by atoms with van der Waals surface area (Å²) in [5, 5.41) is 13.3. The summed E-state index contributed by atoms with van der Waals surface area (Å²) in [7, 11) is 0. The molecule has 4 rings (SSSR count). The number of nitrogens with one attached hydrogen (secondary N) is 1. The number of halogens is 1. The number of anilines is 1. The van der Waals surface area contributed by atoms with E-state index in [1.54, 1.807) is 12.1 Å². The predicted octanol–water partition coefficient (Wildman–Crippen LogP) is 5.71. The Morgan fingerprint density at radius 3 is 2.71 bits per heavy atom. The molecule has 1 aromatic carbocycles. The molecular weight excluding hydrogens is 359 g/mol.